The Morgan fingerprint density at radius 2 is 1.28 bits per heavy atom. The molecule has 50 heavy (non-hydrogen) atoms. The van der Waals surface area contributed by atoms with Gasteiger partial charge in [-0.3, -0.25) is 0 Å². The van der Waals surface area contributed by atoms with E-state index in [9.17, 15) is 24.9 Å². The van der Waals surface area contributed by atoms with Crippen LogP contribution in [0, 0.1) is 0 Å². The average molecular weight is 681 g/mol. The number of ether oxygens (including phenoxy) is 1. The van der Waals surface area contributed by atoms with Crippen LogP contribution < -0.4 is 4.74 Å². The predicted molar refractivity (Wildman–Crippen MR) is 206 cm³/mol. The van der Waals surface area contributed by atoms with Gasteiger partial charge < -0.3 is 20.1 Å². The van der Waals surface area contributed by atoms with E-state index in [-0.39, 0.29) is 22.8 Å². The third kappa shape index (κ3) is 11.8. The minimum Gasteiger partial charge on any atom is -0.507 e. The molecule has 0 radical (unpaired) electrons. The van der Waals surface area contributed by atoms with Gasteiger partial charge in [-0.15, -0.1) is 0 Å². The van der Waals surface area contributed by atoms with E-state index in [1.807, 2.05) is 32.9 Å². The van der Waals surface area contributed by atoms with Crippen LogP contribution in [-0.4, -0.2) is 32.9 Å². The quantitative estimate of drug-likeness (QED) is 0.162. The van der Waals surface area contributed by atoms with Crippen LogP contribution in [0.2, 0.25) is 0 Å². The van der Waals surface area contributed by atoms with Crippen LogP contribution in [0.3, 0.4) is 0 Å². The van der Waals surface area contributed by atoms with E-state index in [2.05, 4.69) is 65.8 Å². The number of hydrogen-bond acceptors (Lipinski definition) is 4. The van der Waals surface area contributed by atoms with E-state index >= 15 is 0 Å². The zero-order valence-corrected chi connectivity index (χ0v) is 31.4. The second-order valence-electron chi connectivity index (χ2n) is 14.7. The minimum absolute atomic E-state index is 0.0424. The van der Waals surface area contributed by atoms with Gasteiger partial charge in [0.05, 0.1) is 11.1 Å². The zero-order valence-electron chi connectivity index (χ0n) is 31.4. The van der Waals surface area contributed by atoms with Crippen LogP contribution >= 0.6 is 0 Å². The summed E-state index contributed by atoms with van der Waals surface area (Å²) < 4.78 is 6.78. The maximum atomic E-state index is 12.2. The number of phenols is 1. The van der Waals surface area contributed by atoms with Gasteiger partial charge in [-0.1, -0.05) is 64.3 Å². The van der Waals surface area contributed by atoms with Gasteiger partial charge in [0.2, 0.25) is 0 Å². The number of allylic oxidation sites excluding steroid dienone is 10. The Morgan fingerprint density at radius 1 is 0.760 bits per heavy atom. The molecule has 2 atom stereocenters. The highest BCUT2D eigenvalue weighted by Crippen LogP contribution is 2.46. The molecule has 0 fully saturated rings. The third-order valence-corrected chi connectivity index (χ3v) is 8.94. The summed E-state index contributed by atoms with van der Waals surface area (Å²) in [7, 11) is 0. The lowest BCUT2D eigenvalue weighted by molar-refractivity contribution is 0.0685. The van der Waals surface area contributed by atoms with Gasteiger partial charge in [0.25, 0.3) is 0 Å². The largest absolute Gasteiger partial charge is 0.507 e. The van der Waals surface area contributed by atoms with Crippen molar-refractivity contribution in [2.45, 2.75) is 119 Å². The molecule has 6 heteroatoms. The minimum atomic E-state index is -1.06. The summed E-state index contributed by atoms with van der Waals surface area (Å²) in [5, 5.41) is 31.3. The van der Waals surface area contributed by atoms with E-state index in [0.29, 0.717) is 36.1 Å². The van der Waals surface area contributed by atoms with Crippen LogP contribution in [0.4, 0.5) is 0 Å². The maximum absolute atomic E-state index is 12.2. The first-order valence-electron chi connectivity index (χ1n) is 17.6. The Bertz CT molecular complexity index is 1750. The molecular formula is C44H56O6. The highest BCUT2D eigenvalue weighted by atomic mass is 16.5. The topological polar surface area (TPSA) is 104 Å². The molecule has 2 aromatic carbocycles. The number of aromatic hydroxyl groups is 1. The standard InChI is InChI=1S/C44H56O6/c1-28(2)12-10-14-31(7)16-18-33-23-36(42(46)47)24-34(40(33)45)20-21-44(9)27-38(22-30(5)6)39-26-37(43(48)49)25-35(41(39)50-44)19-17-32(8)15-11-13-29(3)4/h12-13,16-17,20-26,38,45H,10-11,14-15,18-19,27H2,1-9H3,(H,46,47)(H,48,49)/b21-20+,31-16+,32-17+/t38-,44+/m0/s1. The Morgan fingerprint density at radius 3 is 1.80 bits per heavy atom. The molecule has 0 amide bonds. The van der Waals surface area contributed by atoms with Gasteiger partial charge in [0.15, 0.2) is 0 Å². The van der Waals surface area contributed by atoms with Crippen molar-refractivity contribution in [1.29, 1.82) is 0 Å². The first kappa shape index (κ1) is 39.9. The lowest BCUT2D eigenvalue weighted by Crippen LogP contribution is -2.36. The number of hydrogen-bond donors (Lipinski definition) is 3. The highest BCUT2D eigenvalue weighted by molar-refractivity contribution is 5.90. The van der Waals surface area contributed by atoms with Crippen LogP contribution in [0.1, 0.15) is 143 Å². The van der Waals surface area contributed by atoms with Crippen LogP contribution in [0.25, 0.3) is 6.08 Å². The number of fused-ring (bicyclic) bond motifs is 1. The van der Waals surface area contributed by atoms with E-state index in [1.165, 1.54) is 34.4 Å². The second-order valence-corrected chi connectivity index (χ2v) is 14.7. The number of carboxylic acid groups (broad SMARTS) is 2. The fourth-order valence-corrected chi connectivity index (χ4v) is 6.20. The summed E-state index contributed by atoms with van der Waals surface area (Å²) in [5.74, 6) is -1.45. The van der Waals surface area contributed by atoms with Gasteiger partial charge >= 0.3 is 11.9 Å². The molecule has 0 saturated carbocycles. The van der Waals surface area contributed by atoms with Crippen molar-refractivity contribution in [3.05, 3.63) is 122 Å². The van der Waals surface area contributed by atoms with Gasteiger partial charge in [-0.25, -0.2) is 9.59 Å². The van der Waals surface area contributed by atoms with Crippen molar-refractivity contribution in [2.24, 2.45) is 0 Å². The van der Waals surface area contributed by atoms with E-state index < -0.39 is 17.5 Å². The number of phenolic OH excluding ortho intramolecular Hbond substituents is 1. The fourth-order valence-electron chi connectivity index (χ4n) is 6.20. The first-order chi connectivity index (χ1) is 23.5. The normalized spacial score (nSPS) is 17.5. The van der Waals surface area contributed by atoms with Crippen molar-refractivity contribution in [3.63, 3.8) is 0 Å². The van der Waals surface area contributed by atoms with Crippen molar-refractivity contribution in [1.82, 2.24) is 0 Å². The molecule has 268 valence electrons. The Balaban J connectivity index is 2.05. The van der Waals surface area contributed by atoms with Crippen LogP contribution in [0.5, 0.6) is 11.5 Å². The molecule has 0 bridgehead atoms. The number of carboxylic acids is 2. The van der Waals surface area contributed by atoms with Crippen molar-refractivity contribution in [2.75, 3.05) is 0 Å². The molecule has 3 N–H and O–H groups in total. The summed E-state index contributed by atoms with van der Waals surface area (Å²) in [4.78, 5) is 24.3. The highest BCUT2D eigenvalue weighted by Gasteiger charge is 2.36. The molecule has 6 nitrogen and oxygen atoms in total. The number of rotatable bonds is 15. The molecule has 3 rings (SSSR count). The van der Waals surface area contributed by atoms with Gasteiger partial charge in [0.1, 0.15) is 17.1 Å². The number of carbonyl (C=O) groups is 2. The van der Waals surface area contributed by atoms with Gasteiger partial charge in [0, 0.05) is 23.5 Å². The first-order valence-corrected chi connectivity index (χ1v) is 17.6. The molecule has 2 aromatic rings. The Hall–Kier alpha value is -4.58. The molecule has 1 heterocycles. The molecule has 0 saturated heterocycles. The average Bonchev–Trinajstić information content (AvgIpc) is 3.01. The summed E-state index contributed by atoms with van der Waals surface area (Å²) in [6.07, 6.45) is 19.5. The molecule has 1 aliphatic heterocycles. The maximum Gasteiger partial charge on any atom is 0.335 e. The third-order valence-electron chi connectivity index (χ3n) is 8.94. The second kappa shape index (κ2) is 17.9. The molecule has 0 aliphatic carbocycles. The molecular weight excluding hydrogens is 624 g/mol. The molecule has 0 unspecified atom stereocenters. The monoisotopic (exact) mass is 680 g/mol. The summed E-state index contributed by atoms with van der Waals surface area (Å²) in [5.41, 5.74) is 8.14. The van der Waals surface area contributed by atoms with Gasteiger partial charge in [-0.05, 0) is 142 Å². The van der Waals surface area contributed by atoms with Crippen molar-refractivity contribution >= 4 is 18.0 Å². The van der Waals surface area contributed by atoms with Crippen LogP contribution in [0.15, 0.2) is 88.6 Å². The number of benzene rings is 2. The Kier molecular flexibility index (Phi) is 14.3. The predicted octanol–water partition coefficient (Wildman–Crippen LogP) is 11.6. The van der Waals surface area contributed by atoms with E-state index in [4.69, 9.17) is 4.74 Å². The lowest BCUT2D eigenvalue weighted by atomic mass is 9.80. The molecule has 1 aliphatic rings. The van der Waals surface area contributed by atoms with Gasteiger partial charge in [-0.2, -0.15) is 0 Å². The van der Waals surface area contributed by atoms with E-state index in [1.54, 1.807) is 18.2 Å². The Labute approximate surface area is 299 Å². The summed E-state index contributed by atoms with van der Waals surface area (Å²) >= 11 is 0. The van der Waals surface area contributed by atoms with Crippen molar-refractivity contribution in [3.8, 4) is 11.5 Å². The SMILES string of the molecule is CC(C)=CCC/C(C)=C/Cc1cc(C(=O)O)cc(/C=C/[C@]2(C)C[C@H](C=C(C)C)c3cc(C(=O)O)cc(C/C=C(\C)CCC=C(C)C)c3O2)c1O. The lowest BCUT2D eigenvalue weighted by Gasteiger charge is -2.39. The zero-order chi connectivity index (χ0) is 37.2. The fraction of sp³-hybridized carbons (Fsp3) is 0.409. The smallest absolute Gasteiger partial charge is 0.335 e. The van der Waals surface area contributed by atoms with Crippen LogP contribution in [-0.2, 0) is 12.8 Å². The molecule has 0 aromatic heterocycles. The van der Waals surface area contributed by atoms with Crippen molar-refractivity contribution < 1.29 is 29.6 Å². The summed E-state index contributed by atoms with van der Waals surface area (Å²) in [6.45, 7) is 18.5. The summed E-state index contributed by atoms with van der Waals surface area (Å²) in [6, 6.07) is 6.46. The molecule has 0 spiro atoms. The number of aromatic carboxylic acids is 2. The van der Waals surface area contributed by atoms with E-state index in [0.717, 1.165) is 42.4 Å².